The third kappa shape index (κ3) is 30.7. The van der Waals surface area contributed by atoms with Gasteiger partial charge in [-0.15, -0.1) is 0 Å². The maximum absolute atomic E-state index is 12.3. The molecule has 0 fully saturated rings. The molecule has 0 saturated heterocycles. The van der Waals surface area contributed by atoms with Gasteiger partial charge in [-0.25, -0.2) is 0 Å². The van der Waals surface area contributed by atoms with Crippen LogP contribution >= 0.6 is 21.6 Å². The molecule has 0 heterocycles. The summed E-state index contributed by atoms with van der Waals surface area (Å²) < 4.78 is 0. The number of Topliss-reactive ketones (excluding diaryl/α,β-unsaturated/α-hetero) is 1. The predicted molar refractivity (Wildman–Crippen MR) is 185 cm³/mol. The molecule has 0 saturated carbocycles. The average molecular weight is 662 g/mol. The highest BCUT2D eigenvalue weighted by molar-refractivity contribution is 8.76. The molecular weight excluding hydrogens is 599 g/mol. The fraction of sp³-hybridized carbons (Fsp3) is 0.879. The van der Waals surface area contributed by atoms with Gasteiger partial charge in [0.2, 0.25) is 5.91 Å². The van der Waals surface area contributed by atoms with Crippen LogP contribution in [0.25, 0.3) is 0 Å². The SMILES string of the molecule is NC(CSSCC(N)C(=O)NCCCCCCCCCCCCC(=O)O)C(=O)CCCCCCCCCCCCCC(=O)O. The van der Waals surface area contributed by atoms with Gasteiger partial charge in [-0.1, -0.05) is 131 Å². The molecule has 0 bridgehead atoms. The highest BCUT2D eigenvalue weighted by Crippen LogP contribution is 2.23. The number of carboxylic acid groups (broad SMARTS) is 2. The predicted octanol–water partition coefficient (Wildman–Crippen LogP) is 7.24. The van der Waals surface area contributed by atoms with Crippen LogP contribution in [0.3, 0.4) is 0 Å². The summed E-state index contributed by atoms with van der Waals surface area (Å²) in [6, 6.07) is -1.05. The maximum Gasteiger partial charge on any atom is 0.303 e. The fourth-order valence-corrected chi connectivity index (χ4v) is 7.20. The van der Waals surface area contributed by atoms with Crippen LogP contribution in [0, 0.1) is 0 Å². The van der Waals surface area contributed by atoms with Crippen LogP contribution in [-0.4, -0.2) is 64.0 Å². The number of amides is 1. The van der Waals surface area contributed by atoms with E-state index in [-0.39, 0.29) is 24.5 Å². The summed E-state index contributed by atoms with van der Waals surface area (Å²) in [7, 11) is 3.00. The number of hydrogen-bond donors (Lipinski definition) is 5. The molecular formula is C33H63N3O6S2. The second-order valence-electron chi connectivity index (χ2n) is 12.0. The zero-order valence-corrected chi connectivity index (χ0v) is 28.9. The van der Waals surface area contributed by atoms with Gasteiger partial charge in [0, 0.05) is 37.3 Å². The summed E-state index contributed by atoms with van der Waals surface area (Å²) >= 11 is 0. The standard InChI is InChI=1S/C33H63N3O6S2/c34-28(30(37)22-18-14-10-6-2-1-3-7-11-15-19-23-31(38)39)26-43-44-27-29(35)33(42)36-25-21-17-13-9-5-4-8-12-16-20-24-32(40)41/h28-29H,1-27,34-35H2,(H,36,42)(H,38,39)(H,40,41). The van der Waals surface area contributed by atoms with Gasteiger partial charge in [-0.05, 0) is 25.7 Å². The minimum atomic E-state index is -0.705. The molecule has 7 N–H and O–H groups in total. The number of carboxylic acids is 2. The van der Waals surface area contributed by atoms with E-state index in [2.05, 4.69) is 5.32 Å². The van der Waals surface area contributed by atoms with Gasteiger partial charge in [0.15, 0.2) is 0 Å². The van der Waals surface area contributed by atoms with Gasteiger partial charge in [-0.3, -0.25) is 19.2 Å². The Kier molecular flexibility index (Phi) is 30.7. The van der Waals surface area contributed by atoms with Gasteiger partial charge in [0.05, 0.1) is 12.1 Å². The lowest BCUT2D eigenvalue weighted by Gasteiger charge is -2.13. The molecule has 11 heteroatoms. The van der Waals surface area contributed by atoms with Crippen molar-refractivity contribution in [1.82, 2.24) is 5.32 Å². The van der Waals surface area contributed by atoms with Crippen LogP contribution in [0.1, 0.15) is 154 Å². The van der Waals surface area contributed by atoms with E-state index in [1.165, 1.54) is 79.4 Å². The molecule has 2 unspecified atom stereocenters. The molecule has 2 atom stereocenters. The molecule has 0 aromatic rings. The first-order valence-corrected chi connectivity index (χ1v) is 19.7. The zero-order valence-electron chi connectivity index (χ0n) is 27.2. The summed E-state index contributed by atoms with van der Waals surface area (Å²) in [6.45, 7) is 0.644. The third-order valence-electron chi connectivity index (χ3n) is 7.76. The van der Waals surface area contributed by atoms with E-state index in [9.17, 15) is 19.2 Å². The summed E-state index contributed by atoms with van der Waals surface area (Å²) in [6.07, 6.45) is 24.0. The normalized spacial score (nSPS) is 12.6. The Morgan fingerprint density at radius 1 is 0.477 bits per heavy atom. The van der Waals surface area contributed by atoms with Crippen molar-refractivity contribution in [2.45, 2.75) is 166 Å². The molecule has 1 amide bonds. The van der Waals surface area contributed by atoms with Crippen molar-refractivity contribution >= 4 is 45.2 Å². The van der Waals surface area contributed by atoms with Crippen LogP contribution < -0.4 is 16.8 Å². The molecule has 258 valence electrons. The zero-order chi connectivity index (χ0) is 32.7. The Morgan fingerprint density at radius 2 is 0.795 bits per heavy atom. The second-order valence-corrected chi connectivity index (χ2v) is 14.6. The van der Waals surface area contributed by atoms with Crippen LogP contribution in [0.2, 0.25) is 0 Å². The number of nitrogens with two attached hydrogens (primary N) is 2. The van der Waals surface area contributed by atoms with Crippen LogP contribution in [0.5, 0.6) is 0 Å². The quantitative estimate of drug-likeness (QED) is 0.0349. The van der Waals surface area contributed by atoms with E-state index < -0.39 is 24.0 Å². The summed E-state index contributed by atoms with van der Waals surface area (Å²) in [5.41, 5.74) is 12.1. The Labute approximate surface area is 275 Å². The largest absolute Gasteiger partial charge is 0.481 e. The van der Waals surface area contributed by atoms with E-state index >= 15 is 0 Å². The molecule has 0 rings (SSSR count). The molecule has 0 aliphatic heterocycles. The first-order chi connectivity index (χ1) is 21.2. The van der Waals surface area contributed by atoms with Crippen molar-refractivity contribution in [3.05, 3.63) is 0 Å². The molecule has 0 aromatic carbocycles. The van der Waals surface area contributed by atoms with Crippen LogP contribution in [0.15, 0.2) is 0 Å². The average Bonchev–Trinajstić information content (AvgIpc) is 2.99. The van der Waals surface area contributed by atoms with Crippen LogP contribution in [0.4, 0.5) is 0 Å². The maximum atomic E-state index is 12.3. The highest BCUT2D eigenvalue weighted by atomic mass is 33.1. The molecule has 0 spiro atoms. The molecule has 44 heavy (non-hydrogen) atoms. The number of rotatable bonds is 34. The lowest BCUT2D eigenvalue weighted by atomic mass is 10.0. The number of unbranched alkanes of at least 4 members (excludes halogenated alkanes) is 19. The molecule has 0 aliphatic rings. The first kappa shape index (κ1) is 42.7. The summed E-state index contributed by atoms with van der Waals surface area (Å²) in [5, 5.41) is 20.2. The smallest absolute Gasteiger partial charge is 0.303 e. The Morgan fingerprint density at radius 3 is 1.18 bits per heavy atom. The van der Waals surface area contributed by atoms with Gasteiger partial charge >= 0.3 is 11.9 Å². The molecule has 0 aromatic heterocycles. The van der Waals surface area contributed by atoms with E-state index in [1.807, 2.05) is 0 Å². The minimum Gasteiger partial charge on any atom is -0.481 e. The van der Waals surface area contributed by atoms with Gasteiger partial charge in [0.25, 0.3) is 0 Å². The number of nitrogens with one attached hydrogen (secondary N) is 1. The topological polar surface area (TPSA) is 173 Å². The van der Waals surface area contributed by atoms with Crippen molar-refractivity contribution in [2.24, 2.45) is 11.5 Å². The van der Waals surface area contributed by atoms with Crippen molar-refractivity contribution < 1.29 is 29.4 Å². The summed E-state index contributed by atoms with van der Waals surface area (Å²) in [4.78, 5) is 45.5. The van der Waals surface area contributed by atoms with Gasteiger partial charge in [0.1, 0.15) is 5.78 Å². The van der Waals surface area contributed by atoms with E-state index in [4.69, 9.17) is 21.7 Å². The van der Waals surface area contributed by atoms with Crippen molar-refractivity contribution in [1.29, 1.82) is 0 Å². The monoisotopic (exact) mass is 661 g/mol. The number of ketones is 1. The van der Waals surface area contributed by atoms with Crippen molar-refractivity contribution in [3.63, 3.8) is 0 Å². The van der Waals surface area contributed by atoms with E-state index in [0.717, 1.165) is 77.0 Å². The lowest BCUT2D eigenvalue weighted by molar-refractivity contribution is -0.138. The molecule has 9 nitrogen and oxygen atoms in total. The first-order valence-electron chi connectivity index (χ1n) is 17.2. The van der Waals surface area contributed by atoms with E-state index in [0.29, 0.717) is 24.5 Å². The second kappa shape index (κ2) is 31.7. The van der Waals surface area contributed by atoms with Crippen molar-refractivity contribution in [2.75, 3.05) is 18.1 Å². The van der Waals surface area contributed by atoms with Crippen LogP contribution in [-0.2, 0) is 19.2 Å². The Balaban J connectivity index is 3.52. The van der Waals surface area contributed by atoms with Gasteiger partial charge < -0.3 is 27.0 Å². The Hall–Kier alpha value is -1.30. The molecule has 0 radical (unpaired) electrons. The minimum absolute atomic E-state index is 0.107. The number of aliphatic carboxylic acids is 2. The third-order valence-corrected chi connectivity index (χ3v) is 10.2. The number of carbonyl (C=O) groups is 4. The Bertz CT molecular complexity index is 684. The van der Waals surface area contributed by atoms with E-state index in [1.54, 1.807) is 0 Å². The number of hydrogen-bond acceptors (Lipinski definition) is 8. The van der Waals surface area contributed by atoms with Gasteiger partial charge in [-0.2, -0.15) is 0 Å². The fourth-order valence-electron chi connectivity index (χ4n) is 4.92. The lowest BCUT2D eigenvalue weighted by Crippen LogP contribution is -2.42. The number of carbonyl (C=O) groups excluding carboxylic acids is 2. The van der Waals surface area contributed by atoms with Crippen molar-refractivity contribution in [3.8, 4) is 0 Å². The molecule has 0 aliphatic carbocycles. The summed E-state index contributed by atoms with van der Waals surface area (Å²) in [5.74, 6) is -0.419. The highest BCUT2D eigenvalue weighted by Gasteiger charge is 2.16.